The Morgan fingerprint density at radius 3 is 2.65 bits per heavy atom. The van der Waals surface area contributed by atoms with E-state index in [2.05, 4.69) is 0 Å². The number of carbonyl (C=O) groups is 2. The molecule has 1 saturated heterocycles. The number of amides is 1. The third kappa shape index (κ3) is 2.97. The van der Waals surface area contributed by atoms with E-state index in [1.54, 1.807) is 6.92 Å². The number of likely N-dealkylation sites (tertiary alicyclic amines) is 1. The summed E-state index contributed by atoms with van der Waals surface area (Å²) >= 11 is 0. The van der Waals surface area contributed by atoms with E-state index in [1.807, 2.05) is 6.92 Å². The summed E-state index contributed by atoms with van der Waals surface area (Å²) in [5, 5.41) is 9.28. The zero-order valence-corrected chi connectivity index (χ0v) is 10.6. The van der Waals surface area contributed by atoms with Crippen LogP contribution in [0.1, 0.15) is 46.0 Å². The van der Waals surface area contributed by atoms with Crippen molar-refractivity contribution in [1.29, 1.82) is 0 Å². The molecular formula is C12H22N2O3. The number of aliphatic carboxylic acids is 1. The monoisotopic (exact) mass is 242 g/mol. The van der Waals surface area contributed by atoms with Gasteiger partial charge in [0.15, 0.2) is 0 Å². The average molecular weight is 242 g/mol. The lowest BCUT2D eigenvalue weighted by atomic mass is 9.88. The number of carboxylic acids is 1. The van der Waals surface area contributed by atoms with Crippen LogP contribution in [-0.2, 0) is 9.59 Å². The van der Waals surface area contributed by atoms with E-state index < -0.39 is 11.5 Å². The SMILES string of the molecule is CCC(N)CC(=O)N1CCCCC1(C)C(=O)O. The molecule has 1 heterocycles. The van der Waals surface area contributed by atoms with Gasteiger partial charge in [0.2, 0.25) is 5.91 Å². The highest BCUT2D eigenvalue weighted by Crippen LogP contribution is 2.29. The number of carbonyl (C=O) groups excluding carboxylic acids is 1. The molecule has 2 atom stereocenters. The van der Waals surface area contributed by atoms with Crippen LogP contribution >= 0.6 is 0 Å². The Balaban J connectivity index is 2.78. The maximum atomic E-state index is 12.1. The Morgan fingerprint density at radius 1 is 1.47 bits per heavy atom. The second-order valence-corrected chi connectivity index (χ2v) is 4.95. The third-order valence-corrected chi connectivity index (χ3v) is 3.61. The molecule has 98 valence electrons. The highest BCUT2D eigenvalue weighted by atomic mass is 16.4. The van der Waals surface area contributed by atoms with Gasteiger partial charge in [-0.25, -0.2) is 4.79 Å². The van der Waals surface area contributed by atoms with Gasteiger partial charge in [0.1, 0.15) is 5.54 Å². The number of hydrogen-bond donors (Lipinski definition) is 2. The van der Waals surface area contributed by atoms with Gasteiger partial charge in [0.25, 0.3) is 0 Å². The average Bonchev–Trinajstić information content (AvgIpc) is 2.29. The summed E-state index contributed by atoms with van der Waals surface area (Å²) in [6.45, 7) is 4.08. The molecule has 1 aliphatic rings. The summed E-state index contributed by atoms with van der Waals surface area (Å²) < 4.78 is 0. The molecule has 0 radical (unpaired) electrons. The van der Waals surface area contributed by atoms with Gasteiger partial charge in [0, 0.05) is 19.0 Å². The fourth-order valence-corrected chi connectivity index (χ4v) is 2.22. The fraction of sp³-hybridized carbons (Fsp3) is 0.833. The van der Waals surface area contributed by atoms with Gasteiger partial charge in [-0.2, -0.15) is 0 Å². The molecule has 0 aromatic heterocycles. The largest absolute Gasteiger partial charge is 0.480 e. The van der Waals surface area contributed by atoms with Crippen LogP contribution in [-0.4, -0.2) is 40.0 Å². The first kappa shape index (κ1) is 14.0. The fourth-order valence-electron chi connectivity index (χ4n) is 2.22. The lowest BCUT2D eigenvalue weighted by Gasteiger charge is -2.42. The molecule has 0 saturated carbocycles. The summed E-state index contributed by atoms with van der Waals surface area (Å²) in [7, 11) is 0. The van der Waals surface area contributed by atoms with Crippen molar-refractivity contribution in [2.24, 2.45) is 5.73 Å². The van der Waals surface area contributed by atoms with Crippen molar-refractivity contribution < 1.29 is 14.7 Å². The van der Waals surface area contributed by atoms with E-state index in [1.165, 1.54) is 4.90 Å². The summed E-state index contributed by atoms with van der Waals surface area (Å²) in [5.41, 5.74) is 4.70. The van der Waals surface area contributed by atoms with Crippen molar-refractivity contribution in [3.63, 3.8) is 0 Å². The molecule has 0 aromatic rings. The molecular weight excluding hydrogens is 220 g/mol. The van der Waals surface area contributed by atoms with Crippen LogP contribution < -0.4 is 5.73 Å². The van der Waals surface area contributed by atoms with E-state index in [-0.39, 0.29) is 18.4 Å². The van der Waals surface area contributed by atoms with Gasteiger partial charge < -0.3 is 15.7 Å². The van der Waals surface area contributed by atoms with Crippen LogP contribution in [0.25, 0.3) is 0 Å². The second-order valence-electron chi connectivity index (χ2n) is 4.95. The van der Waals surface area contributed by atoms with Gasteiger partial charge in [-0.15, -0.1) is 0 Å². The normalized spacial score (nSPS) is 26.6. The molecule has 2 unspecified atom stereocenters. The van der Waals surface area contributed by atoms with Crippen molar-refractivity contribution in [1.82, 2.24) is 4.90 Å². The Labute approximate surface area is 102 Å². The molecule has 1 aliphatic heterocycles. The van der Waals surface area contributed by atoms with Gasteiger partial charge in [0.05, 0.1) is 0 Å². The predicted molar refractivity (Wildman–Crippen MR) is 64.5 cm³/mol. The summed E-state index contributed by atoms with van der Waals surface area (Å²) in [4.78, 5) is 24.9. The lowest BCUT2D eigenvalue weighted by Crippen LogP contribution is -2.58. The quantitative estimate of drug-likeness (QED) is 0.769. The van der Waals surface area contributed by atoms with Crippen molar-refractivity contribution in [2.45, 2.75) is 57.5 Å². The van der Waals surface area contributed by atoms with Gasteiger partial charge in [-0.05, 0) is 32.6 Å². The van der Waals surface area contributed by atoms with Crippen LogP contribution in [0.2, 0.25) is 0 Å². The van der Waals surface area contributed by atoms with E-state index >= 15 is 0 Å². The van der Waals surface area contributed by atoms with Crippen LogP contribution in [0, 0.1) is 0 Å². The minimum Gasteiger partial charge on any atom is -0.480 e. The van der Waals surface area contributed by atoms with Crippen molar-refractivity contribution >= 4 is 11.9 Å². The molecule has 0 aromatic carbocycles. The molecule has 1 rings (SSSR count). The Kier molecular flexibility index (Phi) is 4.51. The van der Waals surface area contributed by atoms with E-state index in [0.717, 1.165) is 19.3 Å². The molecule has 5 nitrogen and oxygen atoms in total. The van der Waals surface area contributed by atoms with Crippen molar-refractivity contribution in [3.8, 4) is 0 Å². The number of hydrogen-bond acceptors (Lipinski definition) is 3. The van der Waals surface area contributed by atoms with Crippen LogP contribution in [0.5, 0.6) is 0 Å². The summed E-state index contributed by atoms with van der Waals surface area (Å²) in [5.74, 6) is -1.06. The maximum absolute atomic E-state index is 12.1. The van der Waals surface area contributed by atoms with E-state index in [4.69, 9.17) is 5.73 Å². The minimum atomic E-state index is -1.05. The van der Waals surface area contributed by atoms with Gasteiger partial charge >= 0.3 is 5.97 Å². The van der Waals surface area contributed by atoms with Crippen LogP contribution in [0.3, 0.4) is 0 Å². The van der Waals surface area contributed by atoms with E-state index in [0.29, 0.717) is 13.0 Å². The number of piperidine rings is 1. The highest BCUT2D eigenvalue weighted by Gasteiger charge is 2.43. The lowest BCUT2D eigenvalue weighted by molar-refractivity contribution is -0.161. The Hall–Kier alpha value is -1.10. The number of carboxylic acid groups (broad SMARTS) is 1. The Bertz CT molecular complexity index is 306. The second kappa shape index (κ2) is 5.49. The van der Waals surface area contributed by atoms with E-state index in [9.17, 15) is 14.7 Å². The first-order valence-corrected chi connectivity index (χ1v) is 6.21. The summed E-state index contributed by atoms with van der Waals surface area (Å²) in [6.07, 6.45) is 3.21. The van der Waals surface area contributed by atoms with Gasteiger partial charge in [-0.3, -0.25) is 4.79 Å². The predicted octanol–water partition coefficient (Wildman–Crippen LogP) is 0.970. The standard InChI is InChI=1S/C12H22N2O3/c1-3-9(13)8-10(15)14-7-5-4-6-12(14,2)11(16)17/h9H,3-8,13H2,1-2H3,(H,16,17). The van der Waals surface area contributed by atoms with Crippen molar-refractivity contribution in [2.75, 3.05) is 6.54 Å². The number of rotatable bonds is 4. The smallest absolute Gasteiger partial charge is 0.329 e. The van der Waals surface area contributed by atoms with Crippen molar-refractivity contribution in [3.05, 3.63) is 0 Å². The summed E-state index contributed by atoms with van der Waals surface area (Å²) in [6, 6.07) is -0.178. The molecule has 17 heavy (non-hydrogen) atoms. The first-order valence-electron chi connectivity index (χ1n) is 6.21. The molecule has 5 heteroatoms. The molecule has 3 N–H and O–H groups in total. The molecule has 1 fully saturated rings. The topological polar surface area (TPSA) is 83.6 Å². The molecule has 1 amide bonds. The Morgan fingerprint density at radius 2 is 2.12 bits per heavy atom. The molecule has 0 aliphatic carbocycles. The zero-order valence-electron chi connectivity index (χ0n) is 10.6. The van der Waals surface area contributed by atoms with Gasteiger partial charge in [-0.1, -0.05) is 6.92 Å². The number of nitrogens with two attached hydrogens (primary N) is 1. The third-order valence-electron chi connectivity index (χ3n) is 3.61. The molecule has 0 spiro atoms. The maximum Gasteiger partial charge on any atom is 0.329 e. The highest BCUT2D eigenvalue weighted by molar-refractivity contribution is 5.87. The zero-order chi connectivity index (χ0) is 13.1. The van der Waals surface area contributed by atoms with Crippen LogP contribution in [0.15, 0.2) is 0 Å². The molecule has 0 bridgehead atoms. The number of nitrogens with zero attached hydrogens (tertiary/aromatic N) is 1. The van der Waals surface area contributed by atoms with Crippen LogP contribution in [0.4, 0.5) is 0 Å². The minimum absolute atomic E-state index is 0.135. The first-order chi connectivity index (χ1) is 7.91.